The third-order valence-corrected chi connectivity index (χ3v) is 13.7. The molecule has 194 valence electrons. The highest BCUT2D eigenvalue weighted by Gasteiger charge is 2.84. The van der Waals surface area contributed by atoms with Crippen molar-refractivity contribution < 1.29 is 14.9 Å². The number of ether oxygens (including phenoxy) is 1. The molecular formula is C31H52O3. The van der Waals surface area contributed by atoms with Gasteiger partial charge in [0.2, 0.25) is 0 Å². The fraction of sp³-hybridized carbons (Fsp3) is 1.00. The molecule has 12 unspecified atom stereocenters. The Kier molecular flexibility index (Phi) is 4.88. The van der Waals surface area contributed by atoms with Gasteiger partial charge in [-0.3, -0.25) is 0 Å². The second-order valence-electron chi connectivity index (χ2n) is 16.4. The van der Waals surface area contributed by atoms with Crippen LogP contribution in [0.4, 0.5) is 0 Å². The fourth-order valence-electron chi connectivity index (χ4n) is 12.2. The van der Waals surface area contributed by atoms with Crippen LogP contribution in [0.25, 0.3) is 0 Å². The molecule has 0 aromatic rings. The van der Waals surface area contributed by atoms with E-state index in [0.717, 1.165) is 19.3 Å². The predicted molar refractivity (Wildman–Crippen MR) is 136 cm³/mol. The Hall–Kier alpha value is -0.120. The topological polar surface area (TPSA) is 49.7 Å². The van der Waals surface area contributed by atoms with E-state index in [4.69, 9.17) is 4.74 Å². The Morgan fingerprint density at radius 2 is 1.53 bits per heavy atom. The molecule has 1 aliphatic heterocycles. The van der Waals surface area contributed by atoms with Gasteiger partial charge in [-0.05, 0) is 109 Å². The summed E-state index contributed by atoms with van der Waals surface area (Å²) in [7, 11) is 0. The van der Waals surface area contributed by atoms with E-state index in [9.17, 15) is 10.2 Å². The highest BCUT2D eigenvalue weighted by molar-refractivity contribution is 5.32. The van der Waals surface area contributed by atoms with E-state index < -0.39 is 0 Å². The summed E-state index contributed by atoms with van der Waals surface area (Å²) in [6.07, 6.45) is 10.5. The monoisotopic (exact) mass is 472 g/mol. The van der Waals surface area contributed by atoms with Crippen LogP contribution in [-0.2, 0) is 4.74 Å². The van der Waals surface area contributed by atoms with Crippen molar-refractivity contribution in [2.45, 2.75) is 138 Å². The van der Waals surface area contributed by atoms with Crippen LogP contribution >= 0.6 is 0 Å². The maximum atomic E-state index is 12.2. The second-order valence-corrected chi connectivity index (χ2v) is 16.4. The summed E-state index contributed by atoms with van der Waals surface area (Å²) in [4.78, 5) is 0. The summed E-state index contributed by atoms with van der Waals surface area (Å²) in [5.41, 5.74) is 1.17. The minimum absolute atomic E-state index is 0.00158. The minimum atomic E-state index is -0.355. The maximum absolute atomic E-state index is 12.2. The van der Waals surface area contributed by atoms with Crippen LogP contribution < -0.4 is 0 Å². The number of fused-ring (bicyclic) bond motifs is 4. The molecule has 6 aliphatic rings. The SMILES string of the molecule is CC1CC(CC(C)(C)C)OC2C1C1(C)CCC34CC35CCC(O)C(C)(C)C5CCC4C1(C)C2O. The molecule has 5 aliphatic carbocycles. The van der Waals surface area contributed by atoms with Gasteiger partial charge in [0.25, 0.3) is 0 Å². The van der Waals surface area contributed by atoms with Gasteiger partial charge in [0.1, 0.15) is 0 Å². The number of rotatable bonds is 1. The zero-order chi connectivity index (χ0) is 24.7. The Morgan fingerprint density at radius 1 is 0.882 bits per heavy atom. The molecule has 6 fully saturated rings. The number of aliphatic hydroxyl groups excluding tert-OH is 2. The quantitative estimate of drug-likeness (QED) is 0.452. The zero-order valence-corrected chi connectivity index (χ0v) is 23.3. The molecule has 6 rings (SSSR count). The van der Waals surface area contributed by atoms with Crippen molar-refractivity contribution in [3.63, 3.8) is 0 Å². The molecule has 0 radical (unpaired) electrons. The standard InChI is InChI=1S/C31H52O3/c1-18-15-19(16-26(2,3)4)34-24-23(18)28(7)13-14-31-17-30(31)12-11-22(32)27(5,6)20(30)9-10-21(31)29(28,8)25(24)33/h18-25,32-33H,9-17H2,1-8H3. The normalized spacial score (nSPS) is 59.8. The molecule has 1 heterocycles. The van der Waals surface area contributed by atoms with Gasteiger partial charge in [-0.2, -0.15) is 0 Å². The summed E-state index contributed by atoms with van der Waals surface area (Å²) < 4.78 is 6.89. The van der Waals surface area contributed by atoms with Crippen molar-refractivity contribution in [1.82, 2.24) is 0 Å². The Balaban J connectivity index is 1.36. The van der Waals surface area contributed by atoms with Gasteiger partial charge < -0.3 is 14.9 Å². The average Bonchev–Trinajstić information content (AvgIpc) is 3.35. The number of hydrogen-bond acceptors (Lipinski definition) is 3. The molecule has 0 amide bonds. The first-order valence-electron chi connectivity index (χ1n) is 14.7. The van der Waals surface area contributed by atoms with E-state index in [0.29, 0.717) is 34.5 Å². The fourth-order valence-corrected chi connectivity index (χ4v) is 12.2. The molecule has 2 spiro atoms. The first kappa shape index (κ1) is 24.2. The van der Waals surface area contributed by atoms with Gasteiger partial charge in [0.15, 0.2) is 0 Å². The van der Waals surface area contributed by atoms with Crippen LogP contribution in [0.3, 0.4) is 0 Å². The molecule has 0 aromatic heterocycles. The molecule has 12 atom stereocenters. The molecule has 5 saturated carbocycles. The third kappa shape index (κ3) is 2.66. The first-order chi connectivity index (χ1) is 15.6. The van der Waals surface area contributed by atoms with Crippen molar-refractivity contribution in [1.29, 1.82) is 0 Å². The molecule has 0 bridgehead atoms. The van der Waals surface area contributed by atoms with E-state index in [1.807, 2.05) is 0 Å². The molecule has 3 heteroatoms. The van der Waals surface area contributed by atoms with E-state index in [2.05, 4.69) is 55.4 Å². The molecule has 34 heavy (non-hydrogen) atoms. The van der Waals surface area contributed by atoms with Gasteiger partial charge in [-0.15, -0.1) is 0 Å². The van der Waals surface area contributed by atoms with E-state index >= 15 is 0 Å². The highest BCUT2D eigenvalue weighted by Crippen LogP contribution is 2.89. The third-order valence-electron chi connectivity index (χ3n) is 13.7. The molecule has 1 saturated heterocycles. The minimum Gasteiger partial charge on any atom is -0.393 e. The van der Waals surface area contributed by atoms with E-state index in [1.54, 1.807) is 0 Å². The van der Waals surface area contributed by atoms with Crippen molar-refractivity contribution in [3.05, 3.63) is 0 Å². The molecular weight excluding hydrogens is 420 g/mol. The summed E-state index contributed by atoms with van der Waals surface area (Å²) in [6.45, 7) is 19.1. The zero-order valence-electron chi connectivity index (χ0n) is 23.3. The van der Waals surface area contributed by atoms with Crippen LogP contribution in [-0.4, -0.2) is 34.6 Å². The lowest BCUT2D eigenvalue weighted by Gasteiger charge is -2.63. The van der Waals surface area contributed by atoms with Crippen LogP contribution in [0.5, 0.6) is 0 Å². The number of aliphatic hydroxyl groups is 2. The van der Waals surface area contributed by atoms with Gasteiger partial charge >= 0.3 is 0 Å². The van der Waals surface area contributed by atoms with Crippen molar-refractivity contribution in [3.8, 4) is 0 Å². The molecule has 2 N–H and O–H groups in total. The Morgan fingerprint density at radius 3 is 2.21 bits per heavy atom. The first-order valence-corrected chi connectivity index (χ1v) is 14.7. The smallest absolute Gasteiger partial charge is 0.0879 e. The summed E-state index contributed by atoms with van der Waals surface area (Å²) >= 11 is 0. The lowest BCUT2D eigenvalue weighted by molar-refractivity contribution is -0.182. The van der Waals surface area contributed by atoms with Gasteiger partial charge in [-0.1, -0.05) is 55.4 Å². The average molecular weight is 473 g/mol. The van der Waals surface area contributed by atoms with Gasteiger partial charge in [0, 0.05) is 5.41 Å². The van der Waals surface area contributed by atoms with Crippen molar-refractivity contribution in [2.75, 3.05) is 0 Å². The second kappa shape index (κ2) is 6.84. The Bertz CT molecular complexity index is 859. The van der Waals surface area contributed by atoms with Crippen molar-refractivity contribution >= 4 is 0 Å². The summed E-state index contributed by atoms with van der Waals surface area (Å²) in [6, 6.07) is 0. The van der Waals surface area contributed by atoms with Crippen LogP contribution in [0.2, 0.25) is 0 Å². The lowest BCUT2D eigenvalue weighted by Crippen LogP contribution is -2.59. The van der Waals surface area contributed by atoms with Gasteiger partial charge in [-0.25, -0.2) is 0 Å². The highest BCUT2D eigenvalue weighted by atomic mass is 16.5. The van der Waals surface area contributed by atoms with Gasteiger partial charge in [0.05, 0.1) is 24.4 Å². The van der Waals surface area contributed by atoms with Crippen LogP contribution in [0, 0.1) is 56.2 Å². The molecule has 0 aromatic carbocycles. The summed E-state index contributed by atoms with van der Waals surface area (Å²) in [5.74, 6) is 2.31. The van der Waals surface area contributed by atoms with E-state index in [-0.39, 0.29) is 46.1 Å². The largest absolute Gasteiger partial charge is 0.393 e. The predicted octanol–water partition coefficient (Wildman–Crippen LogP) is 6.60. The number of hydrogen-bond donors (Lipinski definition) is 2. The lowest BCUT2D eigenvalue weighted by atomic mass is 9.41. The van der Waals surface area contributed by atoms with Crippen LogP contribution in [0.15, 0.2) is 0 Å². The molecule has 3 nitrogen and oxygen atoms in total. The van der Waals surface area contributed by atoms with Crippen molar-refractivity contribution in [2.24, 2.45) is 56.2 Å². The maximum Gasteiger partial charge on any atom is 0.0879 e. The summed E-state index contributed by atoms with van der Waals surface area (Å²) in [5, 5.41) is 23.1. The van der Waals surface area contributed by atoms with Crippen LogP contribution in [0.1, 0.15) is 113 Å². The van der Waals surface area contributed by atoms with E-state index in [1.165, 1.54) is 38.5 Å². The Labute approximate surface area is 208 Å².